The largest absolute Gasteiger partial charge is 0.489 e. The second-order valence-electron chi connectivity index (χ2n) is 6.02. The van der Waals surface area contributed by atoms with Crippen LogP contribution in [0.2, 0.25) is 0 Å². The first kappa shape index (κ1) is 13.8. The third kappa shape index (κ3) is 3.13. The minimum absolute atomic E-state index is 0.175. The van der Waals surface area contributed by atoms with E-state index in [0.29, 0.717) is 13.2 Å². The van der Waals surface area contributed by atoms with Crippen molar-refractivity contribution in [3.05, 3.63) is 24.0 Å². The van der Waals surface area contributed by atoms with Gasteiger partial charge in [-0.1, -0.05) is 19.3 Å². The normalized spacial score (nSPS) is 24.9. The molecule has 2 heterocycles. The topological polar surface area (TPSA) is 57.4 Å². The van der Waals surface area contributed by atoms with Gasteiger partial charge in [-0.25, -0.2) is 0 Å². The lowest BCUT2D eigenvalue weighted by Crippen LogP contribution is -2.32. The van der Waals surface area contributed by atoms with E-state index >= 15 is 0 Å². The first-order valence-corrected chi connectivity index (χ1v) is 7.75. The van der Waals surface area contributed by atoms with E-state index in [9.17, 15) is 0 Å². The Morgan fingerprint density at radius 3 is 2.80 bits per heavy atom. The second kappa shape index (κ2) is 6.10. The van der Waals surface area contributed by atoms with Gasteiger partial charge < -0.3 is 15.2 Å². The Bertz CT molecular complexity index is 427. The molecule has 20 heavy (non-hydrogen) atoms. The molecule has 1 unspecified atom stereocenters. The Kier molecular flexibility index (Phi) is 4.22. The summed E-state index contributed by atoms with van der Waals surface area (Å²) in [7, 11) is 0. The van der Waals surface area contributed by atoms with Gasteiger partial charge in [0.15, 0.2) is 0 Å². The van der Waals surface area contributed by atoms with E-state index in [-0.39, 0.29) is 11.7 Å². The van der Waals surface area contributed by atoms with E-state index in [1.165, 1.54) is 38.5 Å². The van der Waals surface area contributed by atoms with Crippen molar-refractivity contribution in [1.29, 1.82) is 0 Å². The Balaban J connectivity index is 1.49. The van der Waals surface area contributed by atoms with Crippen LogP contribution in [-0.2, 0) is 11.3 Å². The van der Waals surface area contributed by atoms with Gasteiger partial charge in [0, 0.05) is 6.54 Å². The number of aromatic nitrogens is 1. The van der Waals surface area contributed by atoms with Crippen LogP contribution in [0, 0.1) is 0 Å². The predicted molar refractivity (Wildman–Crippen MR) is 77.5 cm³/mol. The molecule has 2 N–H and O–H groups in total. The standard InChI is InChI=1S/C16H24N2O2/c17-10-13-4-5-14(11-18-13)19-12-15-6-9-16(20-15)7-2-1-3-8-16/h4-5,11,15H,1-3,6-10,12,17H2. The van der Waals surface area contributed by atoms with Crippen LogP contribution >= 0.6 is 0 Å². The van der Waals surface area contributed by atoms with Gasteiger partial charge >= 0.3 is 0 Å². The molecule has 1 saturated heterocycles. The van der Waals surface area contributed by atoms with Gasteiger partial charge in [-0.15, -0.1) is 0 Å². The van der Waals surface area contributed by atoms with Crippen LogP contribution in [0.1, 0.15) is 50.6 Å². The van der Waals surface area contributed by atoms with Crippen molar-refractivity contribution in [2.24, 2.45) is 5.73 Å². The second-order valence-corrected chi connectivity index (χ2v) is 6.02. The molecule has 0 aromatic carbocycles. The molecular weight excluding hydrogens is 252 g/mol. The molecular formula is C16H24N2O2. The first-order chi connectivity index (χ1) is 9.80. The molecule has 1 aliphatic carbocycles. The van der Waals surface area contributed by atoms with Crippen molar-refractivity contribution >= 4 is 0 Å². The zero-order chi connectivity index (χ0) is 13.8. The van der Waals surface area contributed by atoms with E-state index < -0.39 is 0 Å². The third-order valence-corrected chi connectivity index (χ3v) is 4.55. The summed E-state index contributed by atoms with van der Waals surface area (Å²) < 4.78 is 12.1. The van der Waals surface area contributed by atoms with Crippen LogP contribution in [0.3, 0.4) is 0 Å². The lowest BCUT2D eigenvalue weighted by atomic mass is 9.83. The first-order valence-electron chi connectivity index (χ1n) is 7.75. The highest BCUT2D eigenvalue weighted by atomic mass is 16.6. The molecule has 0 amide bonds. The maximum absolute atomic E-state index is 6.29. The van der Waals surface area contributed by atoms with Gasteiger partial charge in [0.25, 0.3) is 0 Å². The summed E-state index contributed by atoms with van der Waals surface area (Å²) in [5.41, 5.74) is 6.59. The van der Waals surface area contributed by atoms with E-state index in [1.807, 2.05) is 12.1 Å². The number of hydrogen-bond acceptors (Lipinski definition) is 4. The summed E-state index contributed by atoms with van der Waals surface area (Å²) in [6.45, 7) is 1.10. The quantitative estimate of drug-likeness (QED) is 0.918. The molecule has 2 aliphatic rings. The van der Waals surface area contributed by atoms with Gasteiger partial charge in [-0.05, 0) is 37.8 Å². The number of nitrogens with two attached hydrogens (primary N) is 1. The number of nitrogens with zero attached hydrogens (tertiary/aromatic N) is 1. The van der Waals surface area contributed by atoms with E-state index in [1.54, 1.807) is 6.20 Å². The van der Waals surface area contributed by atoms with Crippen molar-refractivity contribution in [1.82, 2.24) is 4.98 Å². The Hall–Kier alpha value is -1.13. The lowest BCUT2D eigenvalue weighted by Gasteiger charge is -2.33. The number of pyridine rings is 1. The molecule has 3 rings (SSSR count). The van der Waals surface area contributed by atoms with Gasteiger partial charge in [0.2, 0.25) is 0 Å². The van der Waals surface area contributed by atoms with Crippen LogP contribution in [0.25, 0.3) is 0 Å². The minimum atomic E-state index is 0.175. The number of rotatable bonds is 4. The molecule has 4 nitrogen and oxygen atoms in total. The highest BCUT2D eigenvalue weighted by molar-refractivity contribution is 5.19. The molecule has 1 saturated carbocycles. The molecule has 0 bridgehead atoms. The monoisotopic (exact) mass is 276 g/mol. The molecule has 1 atom stereocenters. The molecule has 0 radical (unpaired) electrons. The van der Waals surface area contributed by atoms with Gasteiger partial charge in [-0.2, -0.15) is 0 Å². The molecule has 110 valence electrons. The van der Waals surface area contributed by atoms with E-state index in [2.05, 4.69) is 4.98 Å². The SMILES string of the molecule is NCc1ccc(OCC2CCC3(CCCCC3)O2)cn1. The smallest absolute Gasteiger partial charge is 0.137 e. The van der Waals surface area contributed by atoms with E-state index in [0.717, 1.165) is 17.9 Å². The van der Waals surface area contributed by atoms with Crippen LogP contribution in [0.15, 0.2) is 18.3 Å². The lowest BCUT2D eigenvalue weighted by molar-refractivity contribution is -0.0748. The van der Waals surface area contributed by atoms with E-state index in [4.69, 9.17) is 15.2 Å². The average Bonchev–Trinajstić information content (AvgIpc) is 2.89. The molecule has 1 spiro atoms. The van der Waals surface area contributed by atoms with Gasteiger partial charge in [0.05, 0.1) is 23.6 Å². The Labute approximate surface area is 120 Å². The fourth-order valence-corrected chi connectivity index (χ4v) is 3.38. The van der Waals surface area contributed by atoms with Crippen LogP contribution in [-0.4, -0.2) is 23.3 Å². The summed E-state index contributed by atoms with van der Waals surface area (Å²) in [6, 6.07) is 3.84. The summed E-state index contributed by atoms with van der Waals surface area (Å²) in [4.78, 5) is 4.23. The minimum Gasteiger partial charge on any atom is -0.489 e. The summed E-state index contributed by atoms with van der Waals surface area (Å²) >= 11 is 0. The molecule has 1 aliphatic heterocycles. The molecule has 1 aromatic heterocycles. The van der Waals surface area contributed by atoms with Crippen molar-refractivity contribution in [3.63, 3.8) is 0 Å². The highest BCUT2D eigenvalue weighted by Crippen LogP contribution is 2.41. The predicted octanol–water partition coefficient (Wildman–Crippen LogP) is 2.80. The third-order valence-electron chi connectivity index (χ3n) is 4.55. The van der Waals surface area contributed by atoms with Crippen LogP contribution in [0.4, 0.5) is 0 Å². The number of hydrogen-bond donors (Lipinski definition) is 1. The van der Waals surface area contributed by atoms with Crippen molar-refractivity contribution in [2.45, 2.75) is 63.2 Å². The van der Waals surface area contributed by atoms with Crippen molar-refractivity contribution < 1.29 is 9.47 Å². The Morgan fingerprint density at radius 1 is 1.25 bits per heavy atom. The fourth-order valence-electron chi connectivity index (χ4n) is 3.38. The molecule has 4 heteroatoms. The Morgan fingerprint density at radius 2 is 2.10 bits per heavy atom. The van der Waals surface area contributed by atoms with Crippen LogP contribution < -0.4 is 10.5 Å². The maximum atomic E-state index is 6.29. The van der Waals surface area contributed by atoms with Crippen molar-refractivity contribution in [2.75, 3.05) is 6.61 Å². The van der Waals surface area contributed by atoms with Crippen molar-refractivity contribution in [3.8, 4) is 5.75 Å². The van der Waals surface area contributed by atoms with Gasteiger partial charge in [0.1, 0.15) is 12.4 Å². The highest BCUT2D eigenvalue weighted by Gasteiger charge is 2.40. The molecule has 1 aromatic rings. The number of ether oxygens (including phenoxy) is 2. The zero-order valence-electron chi connectivity index (χ0n) is 12.0. The summed E-state index contributed by atoms with van der Waals surface area (Å²) in [6.07, 6.45) is 10.8. The summed E-state index contributed by atoms with van der Waals surface area (Å²) in [5, 5.41) is 0. The van der Waals surface area contributed by atoms with Gasteiger partial charge in [-0.3, -0.25) is 4.98 Å². The average molecular weight is 276 g/mol. The summed E-state index contributed by atoms with van der Waals surface area (Å²) in [5.74, 6) is 0.801. The molecule has 2 fully saturated rings. The zero-order valence-corrected chi connectivity index (χ0v) is 12.0. The van der Waals surface area contributed by atoms with Crippen LogP contribution in [0.5, 0.6) is 5.75 Å². The maximum Gasteiger partial charge on any atom is 0.137 e. The fraction of sp³-hybridized carbons (Fsp3) is 0.688.